The van der Waals surface area contributed by atoms with E-state index < -0.39 is 0 Å². The van der Waals surface area contributed by atoms with Gasteiger partial charge in [0.05, 0.1) is 16.6 Å². The molecule has 0 radical (unpaired) electrons. The van der Waals surface area contributed by atoms with Gasteiger partial charge in [-0.25, -0.2) is 0 Å². The second kappa shape index (κ2) is 7.57. The van der Waals surface area contributed by atoms with Crippen LogP contribution < -0.4 is 10.3 Å². The van der Waals surface area contributed by atoms with Crippen LogP contribution in [0.4, 0.5) is 5.69 Å². The summed E-state index contributed by atoms with van der Waals surface area (Å²) in [5, 5.41) is 5.01. The Morgan fingerprint density at radius 3 is 2.52 bits per heavy atom. The minimum absolute atomic E-state index is 0.0715. The first-order chi connectivity index (χ1) is 12.1. The van der Waals surface area contributed by atoms with Gasteiger partial charge in [-0.05, 0) is 31.0 Å². The Balaban J connectivity index is 1.85. The van der Waals surface area contributed by atoms with Crippen LogP contribution >= 0.6 is 11.8 Å². The number of nitrogens with one attached hydrogen (secondary N) is 1. The van der Waals surface area contributed by atoms with Crippen molar-refractivity contribution in [3.63, 3.8) is 0 Å². The zero-order valence-corrected chi connectivity index (χ0v) is 15.2. The Bertz CT molecular complexity index is 799. The summed E-state index contributed by atoms with van der Waals surface area (Å²) >= 11 is 1.49. The first-order valence-electron chi connectivity index (χ1n) is 8.25. The van der Waals surface area contributed by atoms with E-state index in [-0.39, 0.29) is 11.2 Å². The summed E-state index contributed by atoms with van der Waals surface area (Å²) in [6.45, 7) is 8.07. The number of carbonyl (C=O) groups excluding carboxylic acids is 1. The summed E-state index contributed by atoms with van der Waals surface area (Å²) in [5.41, 5.74) is 6.66. The van der Waals surface area contributed by atoms with Crippen molar-refractivity contribution < 1.29 is 4.79 Å². The largest absolute Gasteiger partial charge is 0.276 e. The number of nitrogens with zero attached hydrogens (tertiary/aromatic N) is 2. The molecule has 1 aliphatic heterocycles. The van der Waals surface area contributed by atoms with E-state index >= 15 is 0 Å². The van der Waals surface area contributed by atoms with Crippen LogP contribution in [-0.4, -0.2) is 16.3 Å². The van der Waals surface area contributed by atoms with Crippen LogP contribution in [0.25, 0.3) is 5.70 Å². The van der Waals surface area contributed by atoms with Crippen molar-refractivity contribution in [1.29, 1.82) is 0 Å². The summed E-state index contributed by atoms with van der Waals surface area (Å²) in [5.74, 6) is 0.0715. The fourth-order valence-corrected chi connectivity index (χ4v) is 3.58. The normalized spacial score (nSPS) is 18.6. The van der Waals surface area contributed by atoms with Gasteiger partial charge in [-0.15, -0.1) is 5.10 Å². The van der Waals surface area contributed by atoms with Gasteiger partial charge in [0, 0.05) is 0 Å². The number of amidine groups is 1. The zero-order valence-electron chi connectivity index (χ0n) is 14.4. The number of anilines is 1. The number of rotatable bonds is 5. The van der Waals surface area contributed by atoms with Gasteiger partial charge in [0.25, 0.3) is 0 Å². The molecule has 2 aromatic carbocycles. The van der Waals surface area contributed by atoms with Crippen molar-refractivity contribution in [3.05, 3.63) is 72.3 Å². The Hall–Kier alpha value is -2.53. The van der Waals surface area contributed by atoms with E-state index in [2.05, 4.69) is 17.1 Å². The summed E-state index contributed by atoms with van der Waals surface area (Å²) in [4.78, 5) is 14.4. The molecule has 0 aromatic heterocycles. The molecule has 0 unspecified atom stereocenters. The average Bonchev–Trinajstić information content (AvgIpc) is 2.97. The van der Waals surface area contributed by atoms with Gasteiger partial charge in [-0.1, -0.05) is 73.3 Å². The molecule has 1 aliphatic rings. The smallest absolute Gasteiger partial charge is 0.246 e. The lowest BCUT2D eigenvalue weighted by Gasteiger charge is -2.17. The highest BCUT2D eigenvalue weighted by atomic mass is 32.2. The van der Waals surface area contributed by atoms with Crippen molar-refractivity contribution in [3.8, 4) is 0 Å². The van der Waals surface area contributed by atoms with Crippen LogP contribution in [0.1, 0.15) is 24.5 Å². The van der Waals surface area contributed by atoms with E-state index in [1.807, 2.05) is 68.4 Å². The maximum Gasteiger partial charge on any atom is 0.246 e. The van der Waals surface area contributed by atoms with Gasteiger partial charge in [0.15, 0.2) is 5.17 Å². The molecule has 0 spiro atoms. The molecular weight excluding hydrogens is 330 g/mol. The molecule has 0 saturated carbocycles. The quantitative estimate of drug-likeness (QED) is 0.813. The summed E-state index contributed by atoms with van der Waals surface area (Å²) in [7, 11) is 0. The van der Waals surface area contributed by atoms with E-state index in [1.54, 1.807) is 4.90 Å². The first kappa shape index (κ1) is 17.3. The van der Waals surface area contributed by atoms with E-state index in [1.165, 1.54) is 11.8 Å². The van der Waals surface area contributed by atoms with Crippen LogP contribution in [0, 0.1) is 6.92 Å². The molecular formula is C20H21N3OS. The summed E-state index contributed by atoms with van der Waals surface area (Å²) < 4.78 is 0. The van der Waals surface area contributed by atoms with E-state index in [9.17, 15) is 4.79 Å². The highest BCUT2D eigenvalue weighted by molar-refractivity contribution is 8.16. The molecule has 1 atom stereocenters. The molecule has 128 valence electrons. The Labute approximate surface area is 152 Å². The number of benzene rings is 2. The van der Waals surface area contributed by atoms with Crippen LogP contribution in [0.15, 0.2) is 66.3 Å². The van der Waals surface area contributed by atoms with E-state index in [0.717, 1.165) is 23.2 Å². The lowest BCUT2D eigenvalue weighted by Crippen LogP contribution is -2.32. The number of hydrogen-bond donors (Lipinski definition) is 1. The number of carbonyl (C=O) groups is 1. The topological polar surface area (TPSA) is 44.7 Å². The molecule has 5 heteroatoms. The lowest BCUT2D eigenvalue weighted by molar-refractivity contribution is -0.116. The maximum atomic E-state index is 12.7. The van der Waals surface area contributed by atoms with Crippen molar-refractivity contribution in [2.24, 2.45) is 5.10 Å². The third kappa shape index (κ3) is 3.77. The van der Waals surface area contributed by atoms with Crippen molar-refractivity contribution in [2.75, 3.05) is 4.90 Å². The van der Waals surface area contributed by atoms with Crippen LogP contribution in [0.5, 0.6) is 0 Å². The number of hydrazone groups is 1. The molecule has 2 aromatic rings. The summed E-state index contributed by atoms with van der Waals surface area (Å²) in [6, 6.07) is 17.7. The summed E-state index contributed by atoms with van der Waals surface area (Å²) in [6.07, 6.45) is 0.768. The van der Waals surface area contributed by atoms with Crippen LogP contribution in [0.2, 0.25) is 0 Å². The van der Waals surface area contributed by atoms with E-state index in [4.69, 9.17) is 0 Å². The third-order valence-electron chi connectivity index (χ3n) is 4.01. The Morgan fingerprint density at radius 1 is 1.20 bits per heavy atom. The number of thioether (sulfide) groups is 1. The van der Waals surface area contributed by atoms with Gasteiger partial charge >= 0.3 is 0 Å². The van der Waals surface area contributed by atoms with Gasteiger partial charge in [-0.3, -0.25) is 15.1 Å². The fraction of sp³-hybridized carbons (Fsp3) is 0.200. The van der Waals surface area contributed by atoms with Crippen molar-refractivity contribution >= 4 is 34.2 Å². The highest BCUT2D eigenvalue weighted by Gasteiger charge is 2.38. The molecule has 1 N–H and O–H groups in total. The van der Waals surface area contributed by atoms with Crippen LogP contribution in [0.3, 0.4) is 0 Å². The van der Waals surface area contributed by atoms with Gasteiger partial charge in [0.2, 0.25) is 5.91 Å². The third-order valence-corrected chi connectivity index (χ3v) is 5.31. The first-order valence-corrected chi connectivity index (χ1v) is 9.13. The molecule has 1 saturated heterocycles. The number of amides is 1. The molecule has 25 heavy (non-hydrogen) atoms. The lowest BCUT2D eigenvalue weighted by atomic mass is 10.2. The van der Waals surface area contributed by atoms with Gasteiger partial charge in [-0.2, -0.15) is 0 Å². The predicted octanol–water partition coefficient (Wildman–Crippen LogP) is 4.38. The molecule has 0 bridgehead atoms. The molecule has 1 fully saturated rings. The predicted molar refractivity (Wildman–Crippen MR) is 106 cm³/mol. The molecule has 4 nitrogen and oxygen atoms in total. The van der Waals surface area contributed by atoms with E-state index in [0.29, 0.717) is 10.9 Å². The van der Waals surface area contributed by atoms with Crippen molar-refractivity contribution in [2.45, 2.75) is 25.5 Å². The second-order valence-electron chi connectivity index (χ2n) is 5.87. The van der Waals surface area contributed by atoms with Gasteiger partial charge < -0.3 is 0 Å². The molecule has 3 rings (SSSR count). The standard InChI is InChI=1S/C20H21N3OS/c1-4-18-19(24)23(17-12-10-14(2)11-13-17)20(25-18)22-21-15(3)16-8-6-5-7-9-16/h5-13,18,21H,3-4H2,1-2H3/b22-20+/t18-/m0/s1. The Morgan fingerprint density at radius 2 is 1.88 bits per heavy atom. The highest BCUT2D eigenvalue weighted by Crippen LogP contribution is 2.33. The number of hydrogen-bond acceptors (Lipinski definition) is 4. The molecule has 1 heterocycles. The zero-order chi connectivity index (χ0) is 17.8. The SMILES string of the molecule is C=C(N/N=C1/S[C@@H](CC)C(=O)N1c1ccc(C)cc1)c1ccccc1. The Kier molecular flexibility index (Phi) is 5.24. The number of aryl methyl sites for hydroxylation is 1. The maximum absolute atomic E-state index is 12.7. The monoisotopic (exact) mass is 351 g/mol. The fourth-order valence-electron chi connectivity index (χ4n) is 2.55. The van der Waals surface area contributed by atoms with Crippen LogP contribution in [-0.2, 0) is 4.79 Å². The van der Waals surface area contributed by atoms with Crippen molar-refractivity contribution in [1.82, 2.24) is 5.43 Å². The molecule has 1 amide bonds. The van der Waals surface area contributed by atoms with Gasteiger partial charge in [0.1, 0.15) is 0 Å². The minimum atomic E-state index is -0.105. The average molecular weight is 351 g/mol. The molecule has 0 aliphatic carbocycles. The second-order valence-corrected chi connectivity index (χ2v) is 7.04. The minimum Gasteiger partial charge on any atom is -0.276 e.